The first-order valence-corrected chi connectivity index (χ1v) is 8.02. The second-order valence-corrected chi connectivity index (χ2v) is 6.51. The van der Waals surface area contributed by atoms with E-state index in [1.165, 1.54) is 4.88 Å². The van der Waals surface area contributed by atoms with E-state index in [2.05, 4.69) is 54.9 Å². The number of hydrogen-bond acceptors (Lipinski definition) is 4. The van der Waals surface area contributed by atoms with Gasteiger partial charge in [-0.1, -0.05) is 6.92 Å². The van der Waals surface area contributed by atoms with Crippen molar-refractivity contribution in [3.8, 4) is 0 Å². The van der Waals surface area contributed by atoms with E-state index in [0.29, 0.717) is 12.1 Å². The molecule has 0 aromatic carbocycles. The van der Waals surface area contributed by atoms with Gasteiger partial charge in [-0.2, -0.15) is 5.10 Å². The van der Waals surface area contributed by atoms with Crippen molar-refractivity contribution in [2.75, 3.05) is 7.05 Å². The number of nitrogens with one attached hydrogen (secondary N) is 1. The van der Waals surface area contributed by atoms with Gasteiger partial charge in [0.25, 0.3) is 0 Å². The molecule has 0 aliphatic heterocycles. The Morgan fingerprint density at radius 2 is 2.15 bits per heavy atom. The van der Waals surface area contributed by atoms with Gasteiger partial charge in [-0.15, -0.1) is 11.3 Å². The molecule has 4 nitrogen and oxygen atoms in total. The summed E-state index contributed by atoms with van der Waals surface area (Å²) >= 11 is 1.78. The summed E-state index contributed by atoms with van der Waals surface area (Å²) in [5.74, 6) is 0. The van der Waals surface area contributed by atoms with Gasteiger partial charge < -0.3 is 5.32 Å². The summed E-state index contributed by atoms with van der Waals surface area (Å²) in [4.78, 5) is 5.84. The number of nitrogens with zero attached hydrogens (tertiary/aromatic N) is 3. The minimum Gasteiger partial charge on any atom is -0.312 e. The van der Waals surface area contributed by atoms with Crippen LogP contribution in [0.2, 0.25) is 0 Å². The Bertz CT molecular complexity index is 558. The fourth-order valence-corrected chi connectivity index (χ4v) is 3.36. The third kappa shape index (κ3) is 3.27. The molecule has 2 aromatic rings. The highest BCUT2D eigenvalue weighted by molar-refractivity contribution is 7.11. The van der Waals surface area contributed by atoms with Crippen LogP contribution in [0.15, 0.2) is 12.3 Å². The lowest BCUT2D eigenvalue weighted by atomic mass is 10.1. The van der Waals surface area contributed by atoms with Crippen LogP contribution in [0.1, 0.15) is 53.6 Å². The smallest absolute Gasteiger partial charge is 0.0900 e. The zero-order chi connectivity index (χ0) is 14.7. The second kappa shape index (κ2) is 6.50. The third-order valence-electron chi connectivity index (χ3n) is 3.72. The lowest BCUT2D eigenvalue weighted by Gasteiger charge is -2.14. The van der Waals surface area contributed by atoms with Gasteiger partial charge in [0.1, 0.15) is 0 Å². The molecule has 0 fully saturated rings. The number of aryl methyl sites for hydroxylation is 2. The first-order chi connectivity index (χ1) is 9.55. The quantitative estimate of drug-likeness (QED) is 0.887. The summed E-state index contributed by atoms with van der Waals surface area (Å²) in [5.41, 5.74) is 2.27. The van der Waals surface area contributed by atoms with E-state index in [1.807, 2.05) is 7.05 Å². The maximum atomic E-state index is 4.69. The molecule has 2 rings (SSSR count). The van der Waals surface area contributed by atoms with Gasteiger partial charge in [-0.25, -0.2) is 4.98 Å². The van der Waals surface area contributed by atoms with Crippen molar-refractivity contribution in [3.05, 3.63) is 33.5 Å². The van der Waals surface area contributed by atoms with Crippen molar-refractivity contribution in [2.45, 2.75) is 52.6 Å². The largest absolute Gasteiger partial charge is 0.312 e. The molecule has 20 heavy (non-hydrogen) atoms. The van der Waals surface area contributed by atoms with Gasteiger partial charge >= 0.3 is 0 Å². The molecular weight excluding hydrogens is 268 g/mol. The Balaban J connectivity index is 2.14. The van der Waals surface area contributed by atoms with Crippen LogP contribution < -0.4 is 5.32 Å². The fourth-order valence-electron chi connectivity index (χ4n) is 2.32. The van der Waals surface area contributed by atoms with Gasteiger partial charge in [0.15, 0.2) is 0 Å². The highest BCUT2D eigenvalue weighted by Gasteiger charge is 2.18. The molecule has 0 saturated heterocycles. The fraction of sp³-hybridized carbons (Fsp3) is 0.600. The maximum Gasteiger partial charge on any atom is 0.0900 e. The molecule has 2 heterocycles. The number of likely N-dealkylation sites (N-methyl/N-ethyl adjacent to an activating group) is 1. The van der Waals surface area contributed by atoms with Gasteiger partial charge in [-0.3, -0.25) is 4.68 Å². The van der Waals surface area contributed by atoms with Gasteiger partial charge in [0.2, 0.25) is 0 Å². The lowest BCUT2D eigenvalue weighted by molar-refractivity contribution is 0.469. The zero-order valence-corrected chi connectivity index (χ0v) is 13.8. The second-order valence-electron chi connectivity index (χ2n) is 5.27. The molecule has 5 heteroatoms. The van der Waals surface area contributed by atoms with E-state index >= 15 is 0 Å². The van der Waals surface area contributed by atoms with Crippen LogP contribution >= 0.6 is 11.3 Å². The predicted molar refractivity (Wildman–Crippen MR) is 84.3 cm³/mol. The van der Waals surface area contributed by atoms with Crippen molar-refractivity contribution in [1.29, 1.82) is 0 Å². The van der Waals surface area contributed by atoms with Crippen molar-refractivity contribution in [3.63, 3.8) is 0 Å². The van der Waals surface area contributed by atoms with Gasteiger partial charge in [-0.05, 0) is 40.3 Å². The van der Waals surface area contributed by atoms with Crippen molar-refractivity contribution in [1.82, 2.24) is 20.1 Å². The summed E-state index contributed by atoms with van der Waals surface area (Å²) < 4.78 is 2.06. The van der Waals surface area contributed by atoms with E-state index in [-0.39, 0.29) is 0 Å². The average Bonchev–Trinajstić information content (AvgIpc) is 3.02. The van der Waals surface area contributed by atoms with Crippen molar-refractivity contribution >= 4 is 11.3 Å². The first kappa shape index (κ1) is 15.2. The summed E-state index contributed by atoms with van der Waals surface area (Å²) in [6, 6.07) is 2.88. The molecule has 2 atom stereocenters. The highest BCUT2D eigenvalue weighted by atomic mass is 32.1. The molecule has 1 N–H and O–H groups in total. The molecule has 0 amide bonds. The van der Waals surface area contributed by atoms with Crippen LogP contribution in [-0.2, 0) is 6.42 Å². The van der Waals surface area contributed by atoms with E-state index in [1.54, 1.807) is 11.3 Å². The van der Waals surface area contributed by atoms with Crippen LogP contribution in [0, 0.1) is 13.8 Å². The summed E-state index contributed by atoms with van der Waals surface area (Å²) in [6.45, 7) is 8.53. The number of thiazole rings is 1. The van der Waals surface area contributed by atoms with Gasteiger partial charge in [0, 0.05) is 29.6 Å². The van der Waals surface area contributed by atoms with Crippen molar-refractivity contribution in [2.24, 2.45) is 0 Å². The molecule has 2 unspecified atom stereocenters. The molecule has 0 saturated carbocycles. The predicted octanol–water partition coefficient (Wildman–Crippen LogP) is 3.43. The molecular formula is C15H24N4S. The molecule has 0 aliphatic carbocycles. The van der Waals surface area contributed by atoms with Crippen LogP contribution in [0.5, 0.6) is 0 Å². The van der Waals surface area contributed by atoms with Crippen LogP contribution in [0.4, 0.5) is 0 Å². The Kier molecular flexibility index (Phi) is 4.94. The minimum atomic E-state index is 0.293. The number of rotatable bonds is 6. The summed E-state index contributed by atoms with van der Waals surface area (Å²) in [6.07, 6.45) is 4.09. The topological polar surface area (TPSA) is 42.7 Å². The van der Waals surface area contributed by atoms with Crippen LogP contribution in [0.3, 0.4) is 0 Å². The van der Waals surface area contributed by atoms with E-state index in [4.69, 9.17) is 5.10 Å². The molecule has 0 spiro atoms. The Morgan fingerprint density at radius 3 is 2.70 bits per heavy atom. The van der Waals surface area contributed by atoms with Gasteiger partial charge in [0.05, 0.1) is 16.4 Å². The van der Waals surface area contributed by atoms with E-state index in [0.717, 1.165) is 29.2 Å². The third-order valence-corrected chi connectivity index (χ3v) is 4.91. The molecule has 0 bridgehead atoms. The van der Waals surface area contributed by atoms with E-state index < -0.39 is 0 Å². The molecule has 2 aromatic heterocycles. The Labute approximate surface area is 125 Å². The maximum absolute atomic E-state index is 4.69. The van der Waals surface area contributed by atoms with Crippen LogP contribution in [0.25, 0.3) is 0 Å². The Morgan fingerprint density at radius 1 is 1.40 bits per heavy atom. The normalized spacial score (nSPS) is 14.4. The van der Waals surface area contributed by atoms with Crippen molar-refractivity contribution < 1.29 is 0 Å². The summed E-state index contributed by atoms with van der Waals surface area (Å²) in [5, 5.41) is 9.21. The number of aromatic nitrogens is 3. The molecule has 0 radical (unpaired) electrons. The first-order valence-electron chi connectivity index (χ1n) is 7.20. The highest BCUT2D eigenvalue weighted by Crippen LogP contribution is 2.27. The summed E-state index contributed by atoms with van der Waals surface area (Å²) in [7, 11) is 2.00. The Hall–Kier alpha value is -1.20. The number of hydrogen-bond donors (Lipinski definition) is 1. The minimum absolute atomic E-state index is 0.293. The molecule has 0 aliphatic rings. The average molecular weight is 292 g/mol. The molecule has 110 valence electrons. The SMILES string of the molecule is CCC(C)n1ccc(CC(NC)c2sc(C)nc2C)n1. The zero-order valence-electron chi connectivity index (χ0n) is 13.0. The lowest BCUT2D eigenvalue weighted by Crippen LogP contribution is -2.19. The van der Waals surface area contributed by atoms with Crippen LogP contribution in [-0.4, -0.2) is 21.8 Å². The monoisotopic (exact) mass is 292 g/mol. The standard InChI is InChI=1S/C15H24N4S/c1-6-10(2)19-8-7-13(18-19)9-14(16-5)15-11(3)17-12(4)20-15/h7-8,10,14,16H,6,9H2,1-5H3. The van der Waals surface area contributed by atoms with E-state index in [9.17, 15) is 0 Å².